The molecule has 2 nitrogen and oxygen atoms in total. The predicted molar refractivity (Wildman–Crippen MR) is 53.6 cm³/mol. The lowest BCUT2D eigenvalue weighted by Crippen LogP contribution is -2.14. The van der Waals surface area contributed by atoms with Gasteiger partial charge in [0, 0.05) is 6.20 Å². The van der Waals surface area contributed by atoms with Gasteiger partial charge in [-0.3, -0.25) is 4.98 Å². The third-order valence-corrected chi connectivity index (χ3v) is 3.69. The highest BCUT2D eigenvalue weighted by Gasteiger charge is 2.23. The van der Waals surface area contributed by atoms with Gasteiger partial charge in [-0.25, -0.2) is 0 Å². The summed E-state index contributed by atoms with van der Waals surface area (Å²) in [4.78, 5) is 5.03. The van der Waals surface area contributed by atoms with Gasteiger partial charge in [0.1, 0.15) is 0 Å². The molecular formula is C10H15NOS. The molecule has 1 aliphatic carbocycles. The number of hydrogen-bond acceptors (Lipinski definition) is 3. The van der Waals surface area contributed by atoms with E-state index < -0.39 is 0 Å². The Hall–Kier alpha value is -0.410. The summed E-state index contributed by atoms with van der Waals surface area (Å²) in [5.74, 6) is 0.481. The van der Waals surface area contributed by atoms with Crippen LogP contribution in [0.4, 0.5) is 0 Å². The van der Waals surface area contributed by atoms with Crippen molar-refractivity contribution in [1.82, 2.24) is 4.98 Å². The Balaban J connectivity index is 1.99. The van der Waals surface area contributed by atoms with E-state index in [0.717, 1.165) is 4.88 Å². The van der Waals surface area contributed by atoms with Crippen LogP contribution in [0.1, 0.15) is 43.1 Å². The van der Waals surface area contributed by atoms with E-state index >= 15 is 0 Å². The van der Waals surface area contributed by atoms with Gasteiger partial charge >= 0.3 is 0 Å². The first-order chi connectivity index (χ1) is 6.38. The third-order valence-electron chi connectivity index (χ3n) is 2.84. The minimum absolute atomic E-state index is 0.257. The number of aliphatic hydroxyl groups is 1. The molecule has 1 saturated carbocycles. The van der Waals surface area contributed by atoms with Crippen molar-refractivity contribution >= 4 is 11.3 Å². The van der Waals surface area contributed by atoms with E-state index in [1.165, 1.54) is 32.1 Å². The molecule has 0 spiro atoms. The molecule has 72 valence electrons. The maximum Gasteiger partial charge on any atom is 0.0926 e. The Labute approximate surface area is 82.6 Å². The van der Waals surface area contributed by atoms with E-state index in [1.54, 1.807) is 23.0 Å². The molecule has 1 fully saturated rings. The van der Waals surface area contributed by atoms with Gasteiger partial charge in [0.05, 0.1) is 16.5 Å². The minimum Gasteiger partial charge on any atom is -0.387 e. The number of aliphatic hydroxyl groups excluding tert-OH is 1. The second kappa shape index (κ2) is 4.20. The largest absolute Gasteiger partial charge is 0.387 e. The van der Waals surface area contributed by atoms with Crippen LogP contribution in [0.15, 0.2) is 11.7 Å². The summed E-state index contributed by atoms with van der Waals surface area (Å²) < 4.78 is 0. The summed E-state index contributed by atoms with van der Waals surface area (Å²) in [6.07, 6.45) is 7.79. The molecule has 0 aromatic carbocycles. The molecule has 1 atom stereocenters. The Morgan fingerprint density at radius 1 is 1.38 bits per heavy atom. The lowest BCUT2D eigenvalue weighted by molar-refractivity contribution is 0.0877. The molecule has 0 bridgehead atoms. The van der Waals surface area contributed by atoms with Crippen LogP contribution in [0.2, 0.25) is 0 Å². The number of thiazole rings is 1. The molecule has 0 radical (unpaired) electrons. The molecule has 13 heavy (non-hydrogen) atoms. The average molecular weight is 197 g/mol. The molecule has 1 aromatic heterocycles. The van der Waals surface area contributed by atoms with Gasteiger partial charge in [-0.05, 0) is 18.8 Å². The van der Waals surface area contributed by atoms with Crippen LogP contribution >= 0.6 is 11.3 Å². The number of aromatic nitrogens is 1. The third kappa shape index (κ3) is 2.09. The number of nitrogens with zero attached hydrogens (tertiary/aromatic N) is 1. The van der Waals surface area contributed by atoms with E-state index in [9.17, 15) is 5.11 Å². The van der Waals surface area contributed by atoms with Crippen molar-refractivity contribution < 1.29 is 5.11 Å². The Morgan fingerprint density at radius 2 is 2.15 bits per heavy atom. The summed E-state index contributed by atoms with van der Waals surface area (Å²) in [6, 6.07) is 0. The highest BCUT2D eigenvalue weighted by molar-refractivity contribution is 7.09. The average Bonchev–Trinajstić information content (AvgIpc) is 2.71. The molecule has 0 saturated heterocycles. The van der Waals surface area contributed by atoms with Crippen LogP contribution in [0.25, 0.3) is 0 Å². The van der Waals surface area contributed by atoms with Crippen molar-refractivity contribution in [3.63, 3.8) is 0 Å². The van der Waals surface area contributed by atoms with Gasteiger partial charge < -0.3 is 5.11 Å². The van der Waals surface area contributed by atoms with Crippen LogP contribution in [0.3, 0.4) is 0 Å². The molecule has 0 amide bonds. The smallest absolute Gasteiger partial charge is 0.0926 e. The molecular weight excluding hydrogens is 182 g/mol. The highest BCUT2D eigenvalue weighted by Crippen LogP contribution is 2.35. The van der Waals surface area contributed by atoms with Crippen molar-refractivity contribution in [2.75, 3.05) is 0 Å². The van der Waals surface area contributed by atoms with Gasteiger partial charge in [0.2, 0.25) is 0 Å². The van der Waals surface area contributed by atoms with E-state index in [1.807, 2.05) is 0 Å². The van der Waals surface area contributed by atoms with Crippen LogP contribution in [-0.4, -0.2) is 10.1 Å². The molecule has 1 N–H and O–H groups in total. The summed E-state index contributed by atoms with van der Waals surface area (Å²) in [6.45, 7) is 0. The molecule has 1 unspecified atom stereocenters. The van der Waals surface area contributed by atoms with Crippen molar-refractivity contribution in [1.29, 1.82) is 0 Å². The maximum atomic E-state index is 10.0. The molecule has 2 rings (SSSR count). The fourth-order valence-electron chi connectivity index (χ4n) is 2.05. The van der Waals surface area contributed by atoms with Crippen LogP contribution in [0, 0.1) is 5.92 Å². The predicted octanol–water partition coefficient (Wildman–Crippen LogP) is 2.76. The Bertz CT molecular complexity index is 241. The summed E-state index contributed by atoms with van der Waals surface area (Å²) in [5.41, 5.74) is 1.79. The van der Waals surface area contributed by atoms with Gasteiger partial charge in [0.25, 0.3) is 0 Å². The monoisotopic (exact) mass is 197 g/mol. The lowest BCUT2D eigenvalue weighted by atomic mass is 9.85. The first-order valence-corrected chi connectivity index (χ1v) is 5.82. The van der Waals surface area contributed by atoms with Crippen LogP contribution in [-0.2, 0) is 0 Å². The fraction of sp³-hybridized carbons (Fsp3) is 0.700. The van der Waals surface area contributed by atoms with Gasteiger partial charge in [-0.15, -0.1) is 11.3 Å². The van der Waals surface area contributed by atoms with E-state index in [2.05, 4.69) is 4.98 Å². The normalized spacial score (nSPS) is 21.6. The summed E-state index contributed by atoms with van der Waals surface area (Å²) in [7, 11) is 0. The zero-order valence-corrected chi connectivity index (χ0v) is 8.46. The molecule has 1 aromatic rings. The van der Waals surface area contributed by atoms with Gasteiger partial charge in [-0.1, -0.05) is 19.3 Å². The standard InChI is InChI=1S/C10H15NOS/c12-10(9-6-11-7-13-9)8-4-2-1-3-5-8/h6-8,10,12H,1-5H2. The van der Waals surface area contributed by atoms with Crippen molar-refractivity contribution in [3.8, 4) is 0 Å². The number of hydrogen-bond donors (Lipinski definition) is 1. The second-order valence-corrected chi connectivity index (χ2v) is 4.66. The van der Waals surface area contributed by atoms with Gasteiger partial charge in [-0.2, -0.15) is 0 Å². The summed E-state index contributed by atoms with van der Waals surface area (Å²) in [5, 5.41) is 10.0. The van der Waals surface area contributed by atoms with Crippen molar-refractivity contribution in [2.45, 2.75) is 38.2 Å². The lowest BCUT2D eigenvalue weighted by Gasteiger charge is -2.25. The number of rotatable bonds is 2. The van der Waals surface area contributed by atoms with Crippen LogP contribution in [0.5, 0.6) is 0 Å². The topological polar surface area (TPSA) is 33.1 Å². The minimum atomic E-state index is -0.257. The van der Waals surface area contributed by atoms with Crippen molar-refractivity contribution in [3.05, 3.63) is 16.6 Å². The van der Waals surface area contributed by atoms with Crippen LogP contribution < -0.4 is 0 Å². The second-order valence-electron chi connectivity index (χ2n) is 3.75. The first kappa shape index (κ1) is 9.16. The Kier molecular flexibility index (Phi) is 2.96. The summed E-state index contributed by atoms with van der Waals surface area (Å²) >= 11 is 1.56. The first-order valence-electron chi connectivity index (χ1n) is 4.94. The van der Waals surface area contributed by atoms with E-state index in [4.69, 9.17) is 0 Å². The molecule has 1 aliphatic rings. The quantitative estimate of drug-likeness (QED) is 0.790. The SMILES string of the molecule is OC(c1cncs1)C1CCCCC1. The molecule has 3 heteroatoms. The molecule has 1 heterocycles. The highest BCUT2D eigenvalue weighted by atomic mass is 32.1. The van der Waals surface area contributed by atoms with Crippen molar-refractivity contribution in [2.24, 2.45) is 5.92 Å². The maximum absolute atomic E-state index is 10.0. The zero-order chi connectivity index (χ0) is 9.10. The molecule has 0 aliphatic heterocycles. The fourth-order valence-corrected chi connectivity index (χ4v) is 2.75. The van der Waals surface area contributed by atoms with Gasteiger partial charge in [0.15, 0.2) is 0 Å². The van der Waals surface area contributed by atoms with E-state index in [0.29, 0.717) is 5.92 Å². The Morgan fingerprint density at radius 3 is 2.77 bits per heavy atom. The zero-order valence-electron chi connectivity index (χ0n) is 7.65. The van der Waals surface area contributed by atoms with E-state index in [-0.39, 0.29) is 6.10 Å².